The number of hydrazine groups is 1. The van der Waals surface area contributed by atoms with Gasteiger partial charge in [-0.15, -0.1) is 0 Å². The van der Waals surface area contributed by atoms with Crippen molar-refractivity contribution in [2.45, 2.75) is 24.6 Å². The van der Waals surface area contributed by atoms with Crippen molar-refractivity contribution in [1.82, 2.24) is 5.43 Å². The van der Waals surface area contributed by atoms with Gasteiger partial charge >= 0.3 is 0 Å². The average molecular weight is 300 g/mol. The lowest BCUT2D eigenvalue weighted by Crippen LogP contribution is -2.47. The zero-order chi connectivity index (χ0) is 15.1. The minimum Gasteiger partial charge on any atom is -0.459 e. The van der Waals surface area contributed by atoms with E-state index in [1.807, 2.05) is 0 Å². The quantitative estimate of drug-likeness (QED) is 0.665. The summed E-state index contributed by atoms with van der Waals surface area (Å²) in [6.07, 6.45) is 1.14. The molecular weight excluding hydrogens is 283 g/mol. The summed E-state index contributed by atoms with van der Waals surface area (Å²) >= 11 is 0. The number of rotatable bonds is 4. The molecule has 1 atom stereocenters. The monoisotopic (exact) mass is 300 g/mol. The molecule has 0 aliphatic heterocycles. The van der Waals surface area contributed by atoms with E-state index in [1.165, 1.54) is 18.2 Å². The normalized spacial score (nSPS) is 14.7. The SMILES string of the molecule is CC(C)(C(NN)c1cc2cc(F)ccc2o1)S(C)(=O)=O. The fraction of sp³-hybridized carbons (Fsp3) is 0.385. The third-order valence-electron chi connectivity index (χ3n) is 3.60. The van der Waals surface area contributed by atoms with Crippen LogP contribution in [0.25, 0.3) is 11.0 Å². The Bertz CT molecular complexity index is 737. The summed E-state index contributed by atoms with van der Waals surface area (Å²) in [4.78, 5) is 0. The number of fused-ring (bicyclic) bond motifs is 1. The maximum atomic E-state index is 13.2. The summed E-state index contributed by atoms with van der Waals surface area (Å²) in [6.45, 7) is 3.11. The molecule has 5 nitrogen and oxygen atoms in total. The second kappa shape index (κ2) is 4.83. The van der Waals surface area contributed by atoms with E-state index in [0.29, 0.717) is 16.7 Å². The van der Waals surface area contributed by atoms with Crippen molar-refractivity contribution in [3.8, 4) is 0 Å². The number of furan rings is 1. The molecule has 0 amide bonds. The zero-order valence-corrected chi connectivity index (χ0v) is 12.3. The molecule has 0 saturated carbocycles. The van der Waals surface area contributed by atoms with Gasteiger partial charge in [-0.3, -0.25) is 5.84 Å². The van der Waals surface area contributed by atoms with E-state index in [9.17, 15) is 12.8 Å². The highest BCUT2D eigenvalue weighted by atomic mass is 32.2. The van der Waals surface area contributed by atoms with Crippen LogP contribution in [0.15, 0.2) is 28.7 Å². The lowest BCUT2D eigenvalue weighted by molar-refractivity contribution is 0.366. The minimum atomic E-state index is -3.38. The standard InChI is InChI=1S/C13H17FN2O3S/c1-13(2,20(3,17)18)12(16-15)11-7-8-6-9(14)4-5-10(8)19-11/h4-7,12,16H,15H2,1-3H3. The van der Waals surface area contributed by atoms with Crippen molar-refractivity contribution in [3.63, 3.8) is 0 Å². The lowest BCUT2D eigenvalue weighted by atomic mass is 10.0. The molecule has 2 rings (SSSR count). The first kappa shape index (κ1) is 15.0. The van der Waals surface area contributed by atoms with Crippen LogP contribution < -0.4 is 11.3 Å². The van der Waals surface area contributed by atoms with Gasteiger partial charge in [0.15, 0.2) is 9.84 Å². The van der Waals surface area contributed by atoms with Crippen LogP contribution in [0.3, 0.4) is 0 Å². The molecule has 1 aromatic heterocycles. The Labute approximate surface area is 116 Å². The first-order valence-corrected chi connectivity index (χ1v) is 7.90. The smallest absolute Gasteiger partial charge is 0.154 e. The molecule has 0 aliphatic carbocycles. The van der Waals surface area contributed by atoms with Gasteiger partial charge in [-0.2, -0.15) is 0 Å². The predicted molar refractivity (Wildman–Crippen MR) is 75.2 cm³/mol. The fourth-order valence-electron chi connectivity index (χ4n) is 2.02. The molecule has 1 unspecified atom stereocenters. The van der Waals surface area contributed by atoms with Crippen LogP contribution in [0.2, 0.25) is 0 Å². The van der Waals surface area contributed by atoms with Gasteiger partial charge in [-0.25, -0.2) is 18.2 Å². The Balaban J connectivity index is 2.55. The molecule has 7 heteroatoms. The average Bonchev–Trinajstić information content (AvgIpc) is 2.70. The van der Waals surface area contributed by atoms with Crippen LogP contribution in [-0.2, 0) is 9.84 Å². The highest BCUT2D eigenvalue weighted by Gasteiger charge is 2.41. The van der Waals surface area contributed by atoms with Crippen molar-refractivity contribution in [1.29, 1.82) is 0 Å². The third-order valence-corrected chi connectivity index (χ3v) is 5.75. The molecule has 2 aromatic rings. The van der Waals surface area contributed by atoms with Gasteiger partial charge in [0.05, 0.1) is 10.8 Å². The molecule has 3 N–H and O–H groups in total. The molecule has 20 heavy (non-hydrogen) atoms. The highest BCUT2D eigenvalue weighted by molar-refractivity contribution is 7.92. The van der Waals surface area contributed by atoms with Crippen molar-refractivity contribution in [2.24, 2.45) is 5.84 Å². The van der Waals surface area contributed by atoms with Crippen molar-refractivity contribution in [2.75, 3.05) is 6.26 Å². The van der Waals surface area contributed by atoms with Crippen LogP contribution in [-0.4, -0.2) is 19.4 Å². The van der Waals surface area contributed by atoms with Crippen molar-refractivity contribution in [3.05, 3.63) is 35.8 Å². The summed E-state index contributed by atoms with van der Waals surface area (Å²) in [5, 5.41) is 0.560. The van der Waals surface area contributed by atoms with Crippen LogP contribution in [0, 0.1) is 5.82 Å². The van der Waals surface area contributed by atoms with Crippen LogP contribution in [0.5, 0.6) is 0 Å². The molecule has 0 radical (unpaired) electrons. The number of hydrogen-bond acceptors (Lipinski definition) is 5. The van der Waals surface area contributed by atoms with Gasteiger partial charge < -0.3 is 4.42 Å². The zero-order valence-electron chi connectivity index (χ0n) is 11.5. The Morgan fingerprint density at radius 2 is 2.00 bits per heavy atom. The Morgan fingerprint density at radius 3 is 2.55 bits per heavy atom. The fourth-order valence-corrected chi connectivity index (χ4v) is 2.63. The second-order valence-corrected chi connectivity index (χ2v) is 7.90. The first-order chi connectivity index (χ1) is 9.16. The largest absolute Gasteiger partial charge is 0.459 e. The number of nitrogens with one attached hydrogen (secondary N) is 1. The van der Waals surface area contributed by atoms with E-state index in [2.05, 4.69) is 5.43 Å². The molecule has 0 spiro atoms. The second-order valence-electron chi connectivity index (χ2n) is 5.31. The maximum Gasteiger partial charge on any atom is 0.154 e. The molecule has 0 saturated heterocycles. The molecule has 1 heterocycles. The van der Waals surface area contributed by atoms with E-state index in [4.69, 9.17) is 10.3 Å². The molecule has 0 fully saturated rings. The summed E-state index contributed by atoms with van der Waals surface area (Å²) < 4.78 is 41.4. The Hall–Kier alpha value is -1.44. The Morgan fingerprint density at radius 1 is 1.35 bits per heavy atom. The van der Waals surface area contributed by atoms with Gasteiger partial charge in [0.2, 0.25) is 0 Å². The van der Waals surface area contributed by atoms with E-state index >= 15 is 0 Å². The number of benzene rings is 1. The van der Waals surface area contributed by atoms with E-state index < -0.39 is 20.6 Å². The first-order valence-electron chi connectivity index (χ1n) is 6.01. The Kier molecular flexibility index (Phi) is 3.62. The number of halogens is 1. The number of hydrogen-bond donors (Lipinski definition) is 2. The highest BCUT2D eigenvalue weighted by Crippen LogP contribution is 2.34. The predicted octanol–water partition coefficient (Wildman–Crippen LogP) is 1.90. The number of nitrogens with two attached hydrogens (primary N) is 1. The van der Waals surface area contributed by atoms with Crippen LogP contribution >= 0.6 is 0 Å². The lowest BCUT2D eigenvalue weighted by Gasteiger charge is -2.30. The minimum absolute atomic E-state index is 0.350. The van der Waals surface area contributed by atoms with Crippen LogP contribution in [0.1, 0.15) is 25.6 Å². The van der Waals surface area contributed by atoms with Gasteiger partial charge in [0.25, 0.3) is 0 Å². The molecule has 110 valence electrons. The van der Waals surface area contributed by atoms with E-state index in [1.54, 1.807) is 19.9 Å². The summed E-state index contributed by atoms with van der Waals surface area (Å²) in [5.41, 5.74) is 2.95. The van der Waals surface area contributed by atoms with E-state index in [0.717, 1.165) is 6.26 Å². The molecule has 0 aliphatic rings. The summed E-state index contributed by atoms with van der Waals surface area (Å²) in [7, 11) is -3.38. The maximum absolute atomic E-state index is 13.2. The molecule has 1 aromatic carbocycles. The van der Waals surface area contributed by atoms with Crippen LogP contribution in [0.4, 0.5) is 4.39 Å². The topological polar surface area (TPSA) is 85.3 Å². The van der Waals surface area contributed by atoms with Crippen molar-refractivity contribution >= 4 is 20.8 Å². The van der Waals surface area contributed by atoms with E-state index in [-0.39, 0.29) is 5.82 Å². The molecular formula is C13H17FN2O3S. The third kappa shape index (κ3) is 2.44. The summed E-state index contributed by atoms with van der Waals surface area (Å²) in [5.74, 6) is 5.46. The molecule has 0 bridgehead atoms. The van der Waals surface area contributed by atoms with Crippen molar-refractivity contribution < 1.29 is 17.2 Å². The summed E-state index contributed by atoms with van der Waals surface area (Å²) in [6, 6.07) is 4.95. The van der Waals surface area contributed by atoms with Gasteiger partial charge in [-0.05, 0) is 38.1 Å². The van der Waals surface area contributed by atoms with Gasteiger partial charge in [0, 0.05) is 11.6 Å². The van der Waals surface area contributed by atoms with Gasteiger partial charge in [-0.1, -0.05) is 0 Å². The number of sulfone groups is 1. The van der Waals surface area contributed by atoms with Gasteiger partial charge in [0.1, 0.15) is 17.2 Å².